The number of hydrogen-bond donors (Lipinski definition) is 0. The van der Waals surface area contributed by atoms with Crippen LogP contribution in [-0.2, 0) is 14.3 Å². The summed E-state index contributed by atoms with van der Waals surface area (Å²) in [5, 5.41) is 8.98. The number of methoxy groups -OCH3 is 1. The largest absolute Gasteiger partial charge is 0.481 e. The van der Waals surface area contributed by atoms with Gasteiger partial charge >= 0.3 is 11.9 Å². The quantitative estimate of drug-likeness (QED) is 0.310. The molecule has 0 aliphatic heterocycles. The molecule has 0 spiro atoms. The highest BCUT2D eigenvalue weighted by Gasteiger charge is 2.10. The average molecular weight is 416 g/mol. The Hall–Kier alpha value is -3.11. The number of benzene rings is 2. The van der Waals surface area contributed by atoms with Crippen molar-refractivity contribution >= 4 is 33.9 Å². The first-order valence-corrected chi connectivity index (χ1v) is 8.21. The smallest absolute Gasteiger partial charge is 0.349 e. The Morgan fingerprint density at radius 3 is 2.65 bits per heavy atom. The summed E-state index contributed by atoms with van der Waals surface area (Å²) in [4.78, 5) is 23.4. The van der Waals surface area contributed by atoms with Gasteiger partial charge in [0.05, 0.1) is 11.6 Å². The highest BCUT2D eigenvalue weighted by atomic mass is 79.9. The van der Waals surface area contributed by atoms with Crippen LogP contribution in [0.4, 0.5) is 0 Å². The maximum Gasteiger partial charge on any atom is 0.349 e. The van der Waals surface area contributed by atoms with E-state index in [-0.39, 0.29) is 17.9 Å². The number of carbonyl (C=O) groups excluding carboxylic acids is 2. The van der Waals surface area contributed by atoms with Crippen molar-refractivity contribution in [1.82, 2.24) is 0 Å². The predicted molar refractivity (Wildman–Crippen MR) is 97.3 cm³/mol. The molecule has 0 saturated heterocycles. The molecule has 0 radical (unpaired) electrons. The van der Waals surface area contributed by atoms with E-state index < -0.39 is 11.9 Å². The van der Waals surface area contributed by atoms with E-state index in [1.54, 1.807) is 42.5 Å². The topological polar surface area (TPSA) is 85.6 Å². The standard InChI is InChI=1S/C19H14BrNO5/c1-24-19(23)14(11-21)9-13-5-4-6-15(10-13)26-18(22)12-25-17-8-3-2-7-16(17)20/h2-10H,12H2,1H3/b14-9+. The fourth-order valence-corrected chi connectivity index (χ4v) is 2.34. The number of hydrogen-bond acceptors (Lipinski definition) is 6. The molecule has 2 aromatic rings. The zero-order chi connectivity index (χ0) is 18.9. The molecule has 2 aromatic carbocycles. The van der Waals surface area contributed by atoms with E-state index in [9.17, 15) is 9.59 Å². The lowest BCUT2D eigenvalue weighted by molar-refractivity contribution is -0.137. The molecule has 0 unspecified atom stereocenters. The van der Waals surface area contributed by atoms with E-state index in [1.807, 2.05) is 6.07 Å². The van der Waals surface area contributed by atoms with Crippen molar-refractivity contribution in [1.29, 1.82) is 5.26 Å². The molecule has 0 fully saturated rings. The molecule has 7 heteroatoms. The number of nitriles is 1. The Morgan fingerprint density at radius 2 is 1.96 bits per heavy atom. The number of ether oxygens (including phenoxy) is 3. The van der Waals surface area contributed by atoms with Gasteiger partial charge in [-0.15, -0.1) is 0 Å². The van der Waals surface area contributed by atoms with E-state index >= 15 is 0 Å². The van der Waals surface area contributed by atoms with E-state index in [4.69, 9.17) is 14.7 Å². The van der Waals surface area contributed by atoms with E-state index in [0.29, 0.717) is 11.3 Å². The third kappa shape index (κ3) is 5.46. The van der Waals surface area contributed by atoms with Gasteiger partial charge in [0.1, 0.15) is 23.1 Å². The second kappa shape index (κ2) is 9.39. The molecule has 2 rings (SSSR count). The number of rotatable bonds is 6. The van der Waals surface area contributed by atoms with Crippen LogP contribution in [0.5, 0.6) is 11.5 Å². The van der Waals surface area contributed by atoms with Gasteiger partial charge in [-0.05, 0) is 51.8 Å². The summed E-state index contributed by atoms with van der Waals surface area (Å²) in [5.74, 6) is -0.536. The first-order valence-electron chi connectivity index (χ1n) is 7.41. The van der Waals surface area contributed by atoms with Gasteiger partial charge in [0.15, 0.2) is 6.61 Å². The number of nitrogens with zero attached hydrogens (tertiary/aromatic N) is 1. The normalized spacial score (nSPS) is 10.6. The van der Waals surface area contributed by atoms with Crippen molar-refractivity contribution < 1.29 is 23.8 Å². The van der Waals surface area contributed by atoms with Crippen LogP contribution in [0.15, 0.2) is 58.6 Å². The van der Waals surface area contributed by atoms with Gasteiger partial charge in [-0.3, -0.25) is 0 Å². The van der Waals surface area contributed by atoms with Gasteiger partial charge in [0, 0.05) is 0 Å². The molecule has 0 aliphatic carbocycles. The molecule has 0 saturated carbocycles. The average Bonchev–Trinajstić information content (AvgIpc) is 2.65. The van der Waals surface area contributed by atoms with Crippen LogP contribution >= 0.6 is 15.9 Å². The Labute approximate surface area is 158 Å². The van der Waals surface area contributed by atoms with Crippen molar-refractivity contribution in [2.75, 3.05) is 13.7 Å². The number of carbonyl (C=O) groups is 2. The second-order valence-corrected chi connectivity index (χ2v) is 5.78. The van der Waals surface area contributed by atoms with Crippen LogP contribution in [0.25, 0.3) is 6.08 Å². The molecular weight excluding hydrogens is 402 g/mol. The Balaban J connectivity index is 2.03. The van der Waals surface area contributed by atoms with Crippen molar-refractivity contribution in [3.05, 3.63) is 64.1 Å². The van der Waals surface area contributed by atoms with Crippen LogP contribution in [0.1, 0.15) is 5.56 Å². The third-order valence-corrected chi connectivity index (χ3v) is 3.76. The molecule has 0 heterocycles. The molecule has 0 atom stereocenters. The summed E-state index contributed by atoms with van der Waals surface area (Å²) in [6.07, 6.45) is 1.35. The van der Waals surface area contributed by atoms with E-state index in [0.717, 1.165) is 4.47 Å². The zero-order valence-corrected chi connectivity index (χ0v) is 15.4. The van der Waals surface area contributed by atoms with Gasteiger partial charge in [-0.1, -0.05) is 24.3 Å². The van der Waals surface area contributed by atoms with E-state index in [2.05, 4.69) is 20.7 Å². The third-order valence-electron chi connectivity index (χ3n) is 3.11. The van der Waals surface area contributed by atoms with Crippen molar-refractivity contribution in [2.24, 2.45) is 0 Å². The first-order chi connectivity index (χ1) is 12.5. The van der Waals surface area contributed by atoms with Crippen molar-refractivity contribution in [3.63, 3.8) is 0 Å². The molecule has 0 aromatic heterocycles. The maximum atomic E-state index is 11.9. The summed E-state index contributed by atoms with van der Waals surface area (Å²) in [5.41, 5.74) is 0.359. The van der Waals surface area contributed by atoms with Gasteiger partial charge in [0.25, 0.3) is 0 Å². The predicted octanol–water partition coefficient (Wildman–Crippen LogP) is 3.51. The first kappa shape index (κ1) is 19.2. The molecule has 0 amide bonds. The van der Waals surface area contributed by atoms with Crippen LogP contribution in [0.3, 0.4) is 0 Å². The fourth-order valence-electron chi connectivity index (χ4n) is 1.94. The number of halogens is 1. The molecule has 6 nitrogen and oxygen atoms in total. The summed E-state index contributed by atoms with van der Waals surface area (Å²) in [6.45, 7) is -0.270. The van der Waals surface area contributed by atoms with Crippen LogP contribution < -0.4 is 9.47 Å². The minimum Gasteiger partial charge on any atom is -0.481 e. The Kier molecular flexibility index (Phi) is 6.94. The lowest BCUT2D eigenvalue weighted by Crippen LogP contribution is -2.17. The van der Waals surface area contributed by atoms with Crippen molar-refractivity contribution in [3.8, 4) is 17.6 Å². The second-order valence-electron chi connectivity index (χ2n) is 4.93. The molecule has 0 aliphatic rings. The molecule has 0 N–H and O–H groups in total. The van der Waals surface area contributed by atoms with Crippen LogP contribution in [0.2, 0.25) is 0 Å². The summed E-state index contributed by atoms with van der Waals surface area (Å²) >= 11 is 3.32. The van der Waals surface area contributed by atoms with Gasteiger partial charge < -0.3 is 14.2 Å². The van der Waals surface area contributed by atoms with Crippen LogP contribution in [0, 0.1) is 11.3 Å². The molecular formula is C19H14BrNO5. The van der Waals surface area contributed by atoms with Gasteiger partial charge in [-0.2, -0.15) is 5.26 Å². The lowest BCUT2D eigenvalue weighted by atomic mass is 10.1. The Bertz CT molecular complexity index is 885. The van der Waals surface area contributed by atoms with Gasteiger partial charge in [0.2, 0.25) is 0 Å². The highest BCUT2D eigenvalue weighted by molar-refractivity contribution is 9.10. The zero-order valence-electron chi connectivity index (χ0n) is 13.8. The lowest BCUT2D eigenvalue weighted by Gasteiger charge is -2.08. The summed E-state index contributed by atoms with van der Waals surface area (Å²) in [6, 6.07) is 15.3. The van der Waals surface area contributed by atoms with Crippen molar-refractivity contribution in [2.45, 2.75) is 0 Å². The molecule has 26 heavy (non-hydrogen) atoms. The monoisotopic (exact) mass is 415 g/mol. The number of para-hydroxylation sites is 1. The summed E-state index contributed by atoms with van der Waals surface area (Å²) < 4.78 is 15.8. The highest BCUT2D eigenvalue weighted by Crippen LogP contribution is 2.24. The minimum absolute atomic E-state index is 0.159. The van der Waals surface area contributed by atoms with Gasteiger partial charge in [-0.25, -0.2) is 9.59 Å². The summed E-state index contributed by atoms with van der Waals surface area (Å²) in [7, 11) is 1.19. The van der Waals surface area contributed by atoms with Crippen LogP contribution in [-0.4, -0.2) is 25.7 Å². The SMILES string of the molecule is COC(=O)/C(C#N)=C/c1cccc(OC(=O)COc2ccccc2Br)c1. The number of esters is 2. The van der Waals surface area contributed by atoms with E-state index in [1.165, 1.54) is 19.3 Å². The maximum absolute atomic E-state index is 11.9. The fraction of sp³-hybridized carbons (Fsp3) is 0.105. The minimum atomic E-state index is -0.739. The molecule has 132 valence electrons. The molecule has 0 bridgehead atoms. The Morgan fingerprint density at radius 1 is 1.19 bits per heavy atom.